The van der Waals surface area contributed by atoms with E-state index in [0.717, 1.165) is 6.07 Å². The van der Waals surface area contributed by atoms with Gasteiger partial charge in [-0.1, -0.05) is 23.2 Å². The monoisotopic (exact) mass is 386 g/mol. The highest BCUT2D eigenvalue weighted by molar-refractivity contribution is 6.36. The molecule has 2 heterocycles. The lowest BCUT2D eigenvalue weighted by Gasteiger charge is -2.34. The summed E-state index contributed by atoms with van der Waals surface area (Å²) in [5.41, 5.74) is 0.0528. The molecule has 0 spiro atoms. The van der Waals surface area contributed by atoms with Crippen molar-refractivity contribution in [2.75, 3.05) is 26.2 Å². The van der Waals surface area contributed by atoms with E-state index in [1.54, 1.807) is 4.90 Å². The zero-order chi connectivity index (χ0) is 18.0. The van der Waals surface area contributed by atoms with E-state index in [2.05, 4.69) is 15.5 Å². The molecule has 11 heteroatoms. The maximum absolute atomic E-state index is 13.6. The highest BCUT2D eigenvalue weighted by Crippen LogP contribution is 2.25. The van der Waals surface area contributed by atoms with Gasteiger partial charge in [0.1, 0.15) is 18.7 Å². The minimum Gasteiger partial charge on any atom is -0.338 e. The average molecular weight is 387 g/mol. The summed E-state index contributed by atoms with van der Waals surface area (Å²) in [5, 5.41) is 10.5. The summed E-state index contributed by atoms with van der Waals surface area (Å²) in [6, 6.07) is 2.24. The zero-order valence-electron chi connectivity index (χ0n) is 12.9. The van der Waals surface area contributed by atoms with E-state index in [-0.39, 0.29) is 28.1 Å². The number of aromatic nitrogens is 4. The van der Waals surface area contributed by atoms with E-state index >= 15 is 0 Å². The predicted octanol–water partition coefficient (Wildman–Crippen LogP) is 1.10. The van der Waals surface area contributed by atoms with Crippen LogP contribution in [0.5, 0.6) is 0 Å². The van der Waals surface area contributed by atoms with E-state index in [9.17, 15) is 14.0 Å². The van der Waals surface area contributed by atoms with Gasteiger partial charge in [-0.25, -0.2) is 9.07 Å². The summed E-state index contributed by atoms with van der Waals surface area (Å²) in [5.74, 6) is -1.24. The number of tetrazole rings is 1. The molecule has 1 saturated heterocycles. The Kier molecular flexibility index (Phi) is 5.14. The fraction of sp³-hybridized carbons (Fsp3) is 0.357. The minimum atomic E-state index is -0.704. The van der Waals surface area contributed by atoms with Gasteiger partial charge in [0.2, 0.25) is 5.91 Å². The Hall–Kier alpha value is -2.26. The van der Waals surface area contributed by atoms with Crippen LogP contribution < -0.4 is 0 Å². The summed E-state index contributed by atoms with van der Waals surface area (Å²) in [6.45, 7) is 1.40. The smallest absolute Gasteiger partial charge is 0.255 e. The van der Waals surface area contributed by atoms with E-state index < -0.39 is 11.7 Å². The molecule has 1 aliphatic rings. The first kappa shape index (κ1) is 17.6. The van der Waals surface area contributed by atoms with Crippen molar-refractivity contribution in [2.24, 2.45) is 0 Å². The molecule has 0 unspecified atom stereocenters. The maximum atomic E-state index is 13.6. The van der Waals surface area contributed by atoms with Gasteiger partial charge in [0, 0.05) is 26.2 Å². The number of benzene rings is 1. The number of carbonyl (C=O) groups is 2. The number of hydrogen-bond donors (Lipinski definition) is 0. The van der Waals surface area contributed by atoms with Gasteiger partial charge in [-0.05, 0) is 22.6 Å². The molecule has 0 saturated carbocycles. The average Bonchev–Trinajstić information content (AvgIpc) is 3.10. The molecule has 2 amide bonds. The third-order valence-electron chi connectivity index (χ3n) is 3.85. The second-order valence-corrected chi connectivity index (χ2v) is 6.24. The maximum Gasteiger partial charge on any atom is 0.255 e. The molecular weight excluding hydrogens is 374 g/mol. The van der Waals surface area contributed by atoms with Crippen molar-refractivity contribution in [2.45, 2.75) is 6.54 Å². The summed E-state index contributed by atoms with van der Waals surface area (Å²) >= 11 is 11.6. The lowest BCUT2D eigenvalue weighted by Crippen LogP contribution is -2.51. The van der Waals surface area contributed by atoms with Crippen LogP contribution in [0.25, 0.3) is 0 Å². The fourth-order valence-electron chi connectivity index (χ4n) is 2.51. The third kappa shape index (κ3) is 3.88. The molecule has 0 N–H and O–H groups in total. The van der Waals surface area contributed by atoms with Gasteiger partial charge in [-0.2, -0.15) is 0 Å². The standard InChI is InChI=1S/C14H13Cl2FN6O2/c15-10-6-11(16)12(17)5-9(10)14(25)22-3-1-21(2-4-22)13(24)7-23-8-18-19-20-23/h5-6,8H,1-4,7H2. The van der Waals surface area contributed by atoms with Crippen LogP contribution in [0.3, 0.4) is 0 Å². The Labute approximate surface area is 152 Å². The summed E-state index contributed by atoms with van der Waals surface area (Å²) in [7, 11) is 0. The Morgan fingerprint density at radius 2 is 1.76 bits per heavy atom. The van der Waals surface area contributed by atoms with Crippen LogP contribution in [0.2, 0.25) is 10.0 Å². The van der Waals surface area contributed by atoms with Crippen molar-refractivity contribution < 1.29 is 14.0 Å². The molecule has 8 nitrogen and oxygen atoms in total. The Morgan fingerprint density at radius 3 is 2.40 bits per heavy atom. The normalized spacial score (nSPS) is 14.7. The third-order valence-corrected chi connectivity index (χ3v) is 4.45. The molecule has 132 valence electrons. The van der Waals surface area contributed by atoms with E-state index in [1.807, 2.05) is 0 Å². The van der Waals surface area contributed by atoms with Crippen LogP contribution >= 0.6 is 23.2 Å². The molecule has 1 aliphatic heterocycles. The molecule has 25 heavy (non-hydrogen) atoms. The fourth-order valence-corrected chi connectivity index (χ4v) is 2.97. The Morgan fingerprint density at radius 1 is 1.08 bits per heavy atom. The molecule has 1 fully saturated rings. The van der Waals surface area contributed by atoms with Crippen LogP contribution in [0.1, 0.15) is 10.4 Å². The number of rotatable bonds is 3. The first-order chi connectivity index (χ1) is 12.0. The van der Waals surface area contributed by atoms with Crippen LogP contribution in [-0.4, -0.2) is 68.0 Å². The summed E-state index contributed by atoms with van der Waals surface area (Å²) < 4.78 is 14.9. The van der Waals surface area contributed by atoms with Gasteiger partial charge in [0.25, 0.3) is 5.91 Å². The predicted molar refractivity (Wildman–Crippen MR) is 86.7 cm³/mol. The van der Waals surface area contributed by atoms with Gasteiger partial charge in [-0.3, -0.25) is 9.59 Å². The van der Waals surface area contributed by atoms with Crippen molar-refractivity contribution >= 4 is 35.0 Å². The number of amides is 2. The molecule has 0 bridgehead atoms. The minimum absolute atomic E-state index is 0.0369. The summed E-state index contributed by atoms with van der Waals surface area (Å²) in [6.07, 6.45) is 1.36. The number of halogens is 3. The van der Waals surface area contributed by atoms with E-state index in [0.29, 0.717) is 26.2 Å². The zero-order valence-corrected chi connectivity index (χ0v) is 14.4. The van der Waals surface area contributed by atoms with Crippen molar-refractivity contribution in [3.8, 4) is 0 Å². The van der Waals surface area contributed by atoms with Crippen LogP contribution in [0.4, 0.5) is 4.39 Å². The van der Waals surface area contributed by atoms with Gasteiger partial charge in [-0.15, -0.1) is 5.10 Å². The van der Waals surface area contributed by atoms with Crippen molar-refractivity contribution in [3.63, 3.8) is 0 Å². The van der Waals surface area contributed by atoms with Crippen molar-refractivity contribution in [1.29, 1.82) is 0 Å². The molecule has 3 rings (SSSR count). The Balaban J connectivity index is 1.61. The lowest BCUT2D eigenvalue weighted by molar-refractivity contribution is -0.133. The second kappa shape index (κ2) is 7.32. The second-order valence-electron chi connectivity index (χ2n) is 5.43. The quantitative estimate of drug-likeness (QED) is 0.737. The molecule has 0 radical (unpaired) electrons. The molecule has 1 aromatic heterocycles. The topological polar surface area (TPSA) is 84.2 Å². The first-order valence-corrected chi connectivity index (χ1v) is 8.13. The molecular formula is C14H13Cl2FN6O2. The van der Waals surface area contributed by atoms with E-state index in [4.69, 9.17) is 23.2 Å². The molecule has 2 aromatic rings. The number of carbonyl (C=O) groups excluding carboxylic acids is 2. The van der Waals surface area contributed by atoms with E-state index in [1.165, 1.54) is 22.0 Å². The lowest BCUT2D eigenvalue weighted by atomic mass is 10.1. The number of nitrogens with zero attached hydrogens (tertiary/aromatic N) is 6. The van der Waals surface area contributed by atoms with Crippen molar-refractivity contribution in [1.82, 2.24) is 30.0 Å². The molecule has 0 atom stereocenters. The van der Waals surface area contributed by atoms with Gasteiger partial charge >= 0.3 is 0 Å². The SMILES string of the molecule is O=C(Cn1cnnn1)N1CCN(C(=O)c2cc(F)c(Cl)cc2Cl)CC1. The molecule has 1 aromatic carbocycles. The largest absolute Gasteiger partial charge is 0.338 e. The van der Waals surface area contributed by atoms with Gasteiger partial charge in [0.05, 0.1) is 15.6 Å². The van der Waals surface area contributed by atoms with Gasteiger partial charge in [0.15, 0.2) is 0 Å². The van der Waals surface area contributed by atoms with Crippen LogP contribution in [0.15, 0.2) is 18.5 Å². The number of piperazine rings is 1. The van der Waals surface area contributed by atoms with Crippen LogP contribution in [-0.2, 0) is 11.3 Å². The highest BCUT2D eigenvalue weighted by Gasteiger charge is 2.26. The highest BCUT2D eigenvalue weighted by atomic mass is 35.5. The summed E-state index contributed by atoms with van der Waals surface area (Å²) in [4.78, 5) is 27.8. The molecule has 0 aliphatic carbocycles. The Bertz CT molecular complexity index is 793. The van der Waals surface area contributed by atoms with Crippen molar-refractivity contribution in [3.05, 3.63) is 39.9 Å². The van der Waals surface area contributed by atoms with Gasteiger partial charge < -0.3 is 9.80 Å². The number of hydrogen-bond acceptors (Lipinski definition) is 5. The van der Waals surface area contributed by atoms with Crippen LogP contribution in [0, 0.1) is 5.82 Å². The first-order valence-electron chi connectivity index (χ1n) is 7.38.